The molecule has 2 aromatic heterocycles. The minimum Gasteiger partial charge on any atom is -0.337 e. The quantitative estimate of drug-likeness (QED) is 0.563. The number of nitrogens with zero attached hydrogens (tertiary/aromatic N) is 1. The molecule has 3 nitrogen and oxygen atoms in total. The van der Waals surface area contributed by atoms with Gasteiger partial charge in [-0.15, -0.1) is 0 Å². The van der Waals surface area contributed by atoms with Gasteiger partial charge < -0.3 is 9.97 Å². The molecule has 2 aromatic rings. The molecule has 0 aliphatic carbocycles. The molecule has 2 rings (SSSR count). The van der Waals surface area contributed by atoms with Gasteiger partial charge in [-0.3, -0.25) is 0 Å². The van der Waals surface area contributed by atoms with Crippen molar-refractivity contribution in [2.45, 2.75) is 0 Å². The maximum Gasteiger partial charge on any atom is 0.174 e. The first-order valence-electron chi connectivity index (χ1n) is 3.65. The maximum absolute atomic E-state index is 5.74. The molecule has 0 fully saturated rings. The molecule has 0 saturated carbocycles. The van der Waals surface area contributed by atoms with E-state index in [4.69, 9.17) is 23.8 Å². The zero-order chi connectivity index (χ0) is 9.26. The van der Waals surface area contributed by atoms with E-state index in [1.54, 1.807) is 18.5 Å². The zero-order valence-corrected chi connectivity index (χ0v) is 8.12. The first-order chi connectivity index (χ1) is 6.25. The monoisotopic (exact) mass is 211 g/mol. The summed E-state index contributed by atoms with van der Waals surface area (Å²) in [5.41, 5.74) is 1.88. The van der Waals surface area contributed by atoms with Crippen LogP contribution in [0, 0.1) is 4.77 Å². The zero-order valence-electron chi connectivity index (χ0n) is 6.54. The molecule has 13 heavy (non-hydrogen) atoms. The number of hydrogen-bond donors (Lipinski definition) is 2. The lowest BCUT2D eigenvalue weighted by Gasteiger charge is -1.95. The summed E-state index contributed by atoms with van der Waals surface area (Å²) in [5.74, 6) is 0. The predicted molar refractivity (Wildman–Crippen MR) is 54.2 cm³/mol. The molecule has 5 heteroatoms. The van der Waals surface area contributed by atoms with Crippen LogP contribution in [0.15, 0.2) is 24.5 Å². The van der Waals surface area contributed by atoms with E-state index >= 15 is 0 Å². The van der Waals surface area contributed by atoms with Crippen molar-refractivity contribution in [1.29, 1.82) is 0 Å². The Bertz CT molecular complexity index is 474. The van der Waals surface area contributed by atoms with E-state index in [9.17, 15) is 0 Å². The van der Waals surface area contributed by atoms with Gasteiger partial charge in [0.2, 0.25) is 0 Å². The van der Waals surface area contributed by atoms with Gasteiger partial charge in [0, 0.05) is 18.0 Å². The van der Waals surface area contributed by atoms with Crippen molar-refractivity contribution in [1.82, 2.24) is 15.0 Å². The van der Waals surface area contributed by atoms with Gasteiger partial charge in [0.15, 0.2) is 4.77 Å². The smallest absolute Gasteiger partial charge is 0.174 e. The standard InChI is InChI=1S/C8H6ClN3S/c9-7-3-5(1-2-10-7)6-4-11-8(13)12-6/h1-4H,(H2,11,12,13). The Morgan fingerprint density at radius 1 is 1.46 bits per heavy atom. The minimum absolute atomic E-state index is 0.470. The molecule has 0 unspecified atom stereocenters. The predicted octanol–water partition coefficient (Wildman–Crippen LogP) is 2.79. The van der Waals surface area contributed by atoms with Crippen molar-refractivity contribution in [3.05, 3.63) is 34.5 Å². The molecule has 0 atom stereocenters. The summed E-state index contributed by atoms with van der Waals surface area (Å²) in [7, 11) is 0. The van der Waals surface area contributed by atoms with Crippen LogP contribution in [0.2, 0.25) is 5.15 Å². The largest absolute Gasteiger partial charge is 0.337 e. The molecule has 0 aromatic carbocycles. The fraction of sp³-hybridized carbons (Fsp3) is 0. The van der Waals surface area contributed by atoms with E-state index < -0.39 is 0 Å². The van der Waals surface area contributed by atoms with Gasteiger partial charge in [-0.1, -0.05) is 11.6 Å². The SMILES string of the molecule is S=c1[nH]cc(-c2ccnc(Cl)c2)[nH]1. The van der Waals surface area contributed by atoms with Gasteiger partial charge in [0.1, 0.15) is 5.15 Å². The average Bonchev–Trinajstić information content (AvgIpc) is 2.52. The Labute approximate surface area is 84.8 Å². The third-order valence-corrected chi connectivity index (χ3v) is 2.06. The normalized spacial score (nSPS) is 10.2. The maximum atomic E-state index is 5.74. The molecule has 0 spiro atoms. The highest BCUT2D eigenvalue weighted by atomic mass is 35.5. The van der Waals surface area contributed by atoms with Crippen LogP contribution in [0.1, 0.15) is 0 Å². The van der Waals surface area contributed by atoms with Crippen molar-refractivity contribution in [2.24, 2.45) is 0 Å². The van der Waals surface area contributed by atoms with Crippen molar-refractivity contribution in [2.75, 3.05) is 0 Å². The number of halogens is 1. The van der Waals surface area contributed by atoms with E-state index in [1.165, 1.54) is 0 Å². The van der Waals surface area contributed by atoms with Crippen LogP contribution in [0.5, 0.6) is 0 Å². The molecule has 2 heterocycles. The Morgan fingerprint density at radius 3 is 2.92 bits per heavy atom. The molecule has 0 amide bonds. The second-order valence-electron chi connectivity index (χ2n) is 2.52. The van der Waals surface area contributed by atoms with Gasteiger partial charge >= 0.3 is 0 Å². The molecule has 0 saturated heterocycles. The number of rotatable bonds is 1. The molecule has 0 radical (unpaired) electrons. The third kappa shape index (κ3) is 1.79. The molecule has 0 bridgehead atoms. The number of H-pyrrole nitrogens is 2. The second-order valence-corrected chi connectivity index (χ2v) is 3.32. The lowest BCUT2D eigenvalue weighted by Crippen LogP contribution is -1.79. The summed E-state index contributed by atoms with van der Waals surface area (Å²) in [6, 6.07) is 3.64. The van der Waals surface area contributed by atoms with Crippen LogP contribution in [0.3, 0.4) is 0 Å². The Kier molecular flexibility index (Phi) is 2.16. The molecule has 0 aliphatic heterocycles. The van der Waals surface area contributed by atoms with E-state index in [-0.39, 0.29) is 0 Å². The van der Waals surface area contributed by atoms with Crippen molar-refractivity contribution >= 4 is 23.8 Å². The van der Waals surface area contributed by atoms with Crippen LogP contribution in [0.25, 0.3) is 11.3 Å². The van der Waals surface area contributed by atoms with Gasteiger partial charge in [-0.05, 0) is 24.4 Å². The van der Waals surface area contributed by atoms with Gasteiger partial charge in [-0.25, -0.2) is 4.98 Å². The minimum atomic E-state index is 0.470. The van der Waals surface area contributed by atoms with E-state index in [2.05, 4.69) is 15.0 Å². The second kappa shape index (κ2) is 3.32. The van der Waals surface area contributed by atoms with E-state index in [1.807, 2.05) is 6.07 Å². The summed E-state index contributed by atoms with van der Waals surface area (Å²) >= 11 is 10.6. The van der Waals surface area contributed by atoms with Gasteiger partial charge in [0.05, 0.1) is 5.69 Å². The van der Waals surface area contributed by atoms with Gasteiger partial charge in [0.25, 0.3) is 0 Å². The topological polar surface area (TPSA) is 44.5 Å². The van der Waals surface area contributed by atoms with Crippen LogP contribution < -0.4 is 0 Å². The van der Waals surface area contributed by atoms with Gasteiger partial charge in [-0.2, -0.15) is 0 Å². The number of aromatic nitrogens is 3. The van der Waals surface area contributed by atoms with Crippen molar-refractivity contribution < 1.29 is 0 Å². The highest BCUT2D eigenvalue weighted by Crippen LogP contribution is 2.18. The van der Waals surface area contributed by atoms with Crippen molar-refractivity contribution in [3.63, 3.8) is 0 Å². The van der Waals surface area contributed by atoms with Crippen molar-refractivity contribution in [3.8, 4) is 11.3 Å². The average molecular weight is 212 g/mol. The number of imidazole rings is 1. The number of nitrogens with one attached hydrogen (secondary N) is 2. The Morgan fingerprint density at radius 2 is 2.31 bits per heavy atom. The summed E-state index contributed by atoms with van der Waals surface area (Å²) in [6.45, 7) is 0. The van der Waals surface area contributed by atoms with E-state index in [0.717, 1.165) is 11.3 Å². The third-order valence-electron chi connectivity index (χ3n) is 1.63. The fourth-order valence-corrected chi connectivity index (χ4v) is 1.40. The highest BCUT2D eigenvalue weighted by Gasteiger charge is 1.99. The van der Waals surface area contributed by atoms with Crippen LogP contribution in [-0.2, 0) is 0 Å². The lowest BCUT2D eigenvalue weighted by atomic mass is 10.2. The summed E-state index contributed by atoms with van der Waals surface area (Å²) < 4.78 is 0.600. The summed E-state index contributed by atoms with van der Waals surface area (Å²) in [4.78, 5) is 9.76. The summed E-state index contributed by atoms with van der Waals surface area (Å²) in [6.07, 6.45) is 3.45. The first kappa shape index (κ1) is 8.47. The summed E-state index contributed by atoms with van der Waals surface area (Å²) in [5, 5.41) is 0.470. The highest BCUT2D eigenvalue weighted by molar-refractivity contribution is 7.71. The Hall–Kier alpha value is -1.13. The first-order valence-corrected chi connectivity index (χ1v) is 4.44. The Balaban J connectivity index is 2.52. The molecular weight excluding hydrogens is 206 g/mol. The number of aromatic amines is 2. The molecular formula is C8H6ClN3S. The molecule has 66 valence electrons. The van der Waals surface area contributed by atoms with Crippen LogP contribution in [0.4, 0.5) is 0 Å². The number of pyridine rings is 1. The fourth-order valence-electron chi connectivity index (χ4n) is 1.06. The van der Waals surface area contributed by atoms with Crippen LogP contribution >= 0.6 is 23.8 Å². The number of hydrogen-bond acceptors (Lipinski definition) is 2. The molecule has 0 aliphatic rings. The van der Waals surface area contributed by atoms with Crippen LogP contribution in [-0.4, -0.2) is 15.0 Å². The lowest BCUT2D eigenvalue weighted by molar-refractivity contribution is 1.26. The molecule has 2 N–H and O–H groups in total. The van der Waals surface area contributed by atoms with E-state index in [0.29, 0.717) is 9.92 Å².